The van der Waals surface area contributed by atoms with Gasteiger partial charge in [0.2, 0.25) is 5.75 Å². The Morgan fingerprint density at radius 3 is 2.31 bits per heavy atom. The Bertz CT molecular complexity index is 937. The minimum Gasteiger partial charge on any atom is -0.493 e. The fourth-order valence-corrected chi connectivity index (χ4v) is 2.72. The maximum atomic E-state index is 12.3. The van der Waals surface area contributed by atoms with Crippen molar-refractivity contribution in [3.05, 3.63) is 60.6 Å². The van der Waals surface area contributed by atoms with Gasteiger partial charge in [-0.25, -0.2) is 4.79 Å². The van der Waals surface area contributed by atoms with Crippen LogP contribution in [-0.4, -0.2) is 37.3 Å². The van der Waals surface area contributed by atoms with Crippen molar-refractivity contribution in [2.24, 2.45) is 0 Å². The molecule has 0 spiro atoms. The fourth-order valence-electron chi connectivity index (χ4n) is 2.72. The maximum Gasteiger partial charge on any atom is 0.319 e. The molecule has 3 rings (SSSR count). The minimum absolute atomic E-state index is 0.330. The Morgan fingerprint density at radius 1 is 1.00 bits per heavy atom. The molecular formula is C21H22N4O4. The second kappa shape index (κ2) is 9.41. The van der Waals surface area contributed by atoms with Crippen molar-refractivity contribution in [3.8, 4) is 28.5 Å². The number of rotatable bonds is 7. The van der Waals surface area contributed by atoms with Crippen LogP contribution in [0.3, 0.4) is 0 Å². The minimum atomic E-state index is -0.365. The number of carbonyl (C=O) groups is 1. The van der Waals surface area contributed by atoms with Crippen molar-refractivity contribution in [3.63, 3.8) is 0 Å². The third-order valence-corrected chi connectivity index (χ3v) is 4.16. The molecule has 1 aromatic carbocycles. The number of methoxy groups -OCH3 is 3. The molecular weight excluding hydrogens is 372 g/mol. The highest BCUT2D eigenvalue weighted by atomic mass is 16.5. The van der Waals surface area contributed by atoms with Gasteiger partial charge in [0.05, 0.1) is 32.7 Å². The van der Waals surface area contributed by atoms with E-state index in [1.54, 1.807) is 30.7 Å². The van der Waals surface area contributed by atoms with Crippen LogP contribution < -0.4 is 24.8 Å². The molecule has 2 amide bonds. The van der Waals surface area contributed by atoms with Crippen LogP contribution in [0.2, 0.25) is 0 Å². The van der Waals surface area contributed by atoms with Gasteiger partial charge in [-0.15, -0.1) is 0 Å². The number of amides is 2. The monoisotopic (exact) mass is 394 g/mol. The molecule has 0 fully saturated rings. The van der Waals surface area contributed by atoms with Crippen LogP contribution >= 0.6 is 0 Å². The average molecular weight is 394 g/mol. The molecule has 0 aliphatic carbocycles. The summed E-state index contributed by atoms with van der Waals surface area (Å²) in [5.41, 5.74) is 3.15. The number of ether oxygens (including phenoxy) is 3. The molecule has 0 saturated carbocycles. The molecule has 3 aromatic rings. The molecule has 0 radical (unpaired) electrons. The van der Waals surface area contributed by atoms with Crippen molar-refractivity contribution >= 4 is 11.7 Å². The van der Waals surface area contributed by atoms with Gasteiger partial charge in [-0.3, -0.25) is 9.97 Å². The van der Waals surface area contributed by atoms with Crippen molar-refractivity contribution in [1.82, 2.24) is 15.3 Å². The van der Waals surface area contributed by atoms with E-state index in [0.29, 0.717) is 29.5 Å². The first-order valence-corrected chi connectivity index (χ1v) is 8.84. The van der Waals surface area contributed by atoms with E-state index < -0.39 is 0 Å². The van der Waals surface area contributed by atoms with Crippen LogP contribution in [-0.2, 0) is 6.54 Å². The van der Waals surface area contributed by atoms with Crippen molar-refractivity contribution in [1.29, 1.82) is 0 Å². The first kappa shape index (κ1) is 19.9. The SMILES string of the molecule is COc1cc(NC(=O)NCc2ccc(-c3cccnc3)nc2)cc(OC)c1OC. The Labute approximate surface area is 168 Å². The lowest BCUT2D eigenvalue weighted by molar-refractivity contribution is 0.251. The number of benzene rings is 1. The van der Waals surface area contributed by atoms with E-state index in [1.165, 1.54) is 21.3 Å². The number of hydrogen-bond donors (Lipinski definition) is 2. The van der Waals surface area contributed by atoms with Crippen LogP contribution in [0.4, 0.5) is 10.5 Å². The number of urea groups is 1. The molecule has 0 atom stereocenters. The molecule has 8 nitrogen and oxygen atoms in total. The average Bonchev–Trinajstić information content (AvgIpc) is 2.78. The highest BCUT2D eigenvalue weighted by molar-refractivity contribution is 5.90. The highest BCUT2D eigenvalue weighted by Crippen LogP contribution is 2.39. The van der Waals surface area contributed by atoms with Gasteiger partial charge in [0, 0.05) is 42.8 Å². The molecule has 0 aliphatic heterocycles. The van der Waals surface area contributed by atoms with Crippen molar-refractivity contribution < 1.29 is 19.0 Å². The zero-order valence-corrected chi connectivity index (χ0v) is 16.4. The Hall–Kier alpha value is -3.81. The lowest BCUT2D eigenvalue weighted by Gasteiger charge is -2.15. The van der Waals surface area contributed by atoms with Gasteiger partial charge in [-0.1, -0.05) is 6.07 Å². The number of pyridine rings is 2. The zero-order chi connectivity index (χ0) is 20.6. The number of anilines is 1. The van der Waals surface area contributed by atoms with E-state index in [9.17, 15) is 4.79 Å². The topological polar surface area (TPSA) is 94.6 Å². The van der Waals surface area contributed by atoms with Crippen molar-refractivity contribution in [2.45, 2.75) is 6.54 Å². The predicted octanol–water partition coefficient (Wildman–Crippen LogP) is 3.49. The summed E-state index contributed by atoms with van der Waals surface area (Å²) in [6.07, 6.45) is 5.20. The summed E-state index contributed by atoms with van der Waals surface area (Å²) >= 11 is 0. The molecule has 29 heavy (non-hydrogen) atoms. The normalized spacial score (nSPS) is 10.2. The van der Waals surface area contributed by atoms with Crippen LogP contribution in [0.15, 0.2) is 55.0 Å². The third-order valence-electron chi connectivity index (χ3n) is 4.16. The first-order chi connectivity index (χ1) is 14.1. The van der Waals surface area contributed by atoms with Gasteiger partial charge >= 0.3 is 6.03 Å². The number of nitrogens with one attached hydrogen (secondary N) is 2. The highest BCUT2D eigenvalue weighted by Gasteiger charge is 2.14. The summed E-state index contributed by atoms with van der Waals surface area (Å²) < 4.78 is 15.9. The largest absolute Gasteiger partial charge is 0.493 e. The van der Waals surface area contributed by atoms with Crippen LogP contribution in [0.5, 0.6) is 17.2 Å². The van der Waals surface area contributed by atoms with Gasteiger partial charge in [0.15, 0.2) is 11.5 Å². The van der Waals surface area contributed by atoms with Gasteiger partial charge in [0.25, 0.3) is 0 Å². The summed E-state index contributed by atoms with van der Waals surface area (Å²) in [5, 5.41) is 5.55. The van der Waals surface area contributed by atoms with Crippen molar-refractivity contribution in [2.75, 3.05) is 26.6 Å². The molecule has 0 unspecified atom stereocenters. The smallest absolute Gasteiger partial charge is 0.319 e. The third kappa shape index (κ3) is 4.92. The Kier molecular flexibility index (Phi) is 6.47. The quantitative estimate of drug-likeness (QED) is 0.637. The molecule has 150 valence electrons. The number of aromatic nitrogens is 2. The summed E-state index contributed by atoms with van der Waals surface area (Å²) in [6.45, 7) is 0.330. The lowest BCUT2D eigenvalue weighted by Crippen LogP contribution is -2.28. The van der Waals surface area contributed by atoms with E-state index in [-0.39, 0.29) is 6.03 Å². The molecule has 2 heterocycles. The van der Waals surface area contributed by atoms with E-state index in [2.05, 4.69) is 20.6 Å². The molecule has 0 saturated heterocycles. The van der Waals surface area contributed by atoms with E-state index in [1.807, 2.05) is 24.3 Å². The maximum absolute atomic E-state index is 12.3. The molecule has 0 bridgehead atoms. The standard InChI is InChI=1S/C21H22N4O4/c1-27-18-9-16(10-19(28-2)20(18)29-3)25-21(26)24-12-14-6-7-17(23-11-14)15-5-4-8-22-13-15/h4-11,13H,12H2,1-3H3,(H2,24,25,26). The number of carbonyl (C=O) groups excluding carboxylic acids is 1. The predicted molar refractivity (Wildman–Crippen MR) is 109 cm³/mol. The van der Waals surface area contributed by atoms with Crippen LogP contribution in [0.25, 0.3) is 11.3 Å². The number of hydrogen-bond acceptors (Lipinski definition) is 6. The lowest BCUT2D eigenvalue weighted by atomic mass is 10.1. The van der Waals surface area contributed by atoms with Gasteiger partial charge in [0.1, 0.15) is 0 Å². The summed E-state index contributed by atoms with van der Waals surface area (Å²) in [4.78, 5) is 20.8. The summed E-state index contributed by atoms with van der Waals surface area (Å²) in [5.74, 6) is 1.37. The number of nitrogens with zero attached hydrogens (tertiary/aromatic N) is 2. The summed E-state index contributed by atoms with van der Waals surface area (Å²) in [6, 6.07) is 10.6. The van der Waals surface area contributed by atoms with E-state index in [4.69, 9.17) is 14.2 Å². The molecule has 8 heteroatoms. The first-order valence-electron chi connectivity index (χ1n) is 8.84. The Balaban J connectivity index is 1.61. The second-order valence-corrected chi connectivity index (χ2v) is 6.02. The van der Waals surface area contributed by atoms with E-state index >= 15 is 0 Å². The van der Waals surface area contributed by atoms with E-state index in [0.717, 1.165) is 16.8 Å². The summed E-state index contributed by atoms with van der Waals surface area (Å²) in [7, 11) is 4.56. The van der Waals surface area contributed by atoms with Gasteiger partial charge in [-0.2, -0.15) is 0 Å². The van der Waals surface area contributed by atoms with Gasteiger partial charge < -0.3 is 24.8 Å². The second-order valence-electron chi connectivity index (χ2n) is 6.02. The molecule has 2 N–H and O–H groups in total. The van der Waals surface area contributed by atoms with Crippen LogP contribution in [0.1, 0.15) is 5.56 Å². The zero-order valence-electron chi connectivity index (χ0n) is 16.4. The Morgan fingerprint density at radius 2 is 1.76 bits per heavy atom. The van der Waals surface area contributed by atoms with Gasteiger partial charge in [-0.05, 0) is 23.8 Å². The van der Waals surface area contributed by atoms with Crippen LogP contribution in [0, 0.1) is 0 Å². The molecule has 2 aromatic heterocycles. The molecule has 0 aliphatic rings. The fraction of sp³-hybridized carbons (Fsp3) is 0.190.